The lowest BCUT2D eigenvalue weighted by molar-refractivity contribution is -0.111. The Kier molecular flexibility index (Phi) is 7.79. The van der Waals surface area contributed by atoms with Crippen molar-refractivity contribution < 1.29 is 17.6 Å². The summed E-state index contributed by atoms with van der Waals surface area (Å²) in [5.41, 5.74) is 0.688. The third-order valence-corrected chi connectivity index (χ3v) is 4.75. The van der Waals surface area contributed by atoms with Crippen LogP contribution in [0.1, 0.15) is 26.2 Å². The van der Waals surface area contributed by atoms with E-state index in [9.17, 15) is 17.6 Å². The number of hydrogen-bond acceptors (Lipinski definition) is 4. The summed E-state index contributed by atoms with van der Waals surface area (Å²) in [5, 5.41) is 0. The quantitative estimate of drug-likeness (QED) is 0.813. The Balaban J connectivity index is 0.000000248. The zero-order chi connectivity index (χ0) is 17.0. The van der Waals surface area contributed by atoms with E-state index in [0.29, 0.717) is 5.57 Å². The number of fused-ring (bicyclic) bond motifs is 2. The minimum atomic E-state index is -3.02. The van der Waals surface area contributed by atoms with Crippen LogP contribution in [0.2, 0.25) is 0 Å². The van der Waals surface area contributed by atoms with Gasteiger partial charge in [0.2, 0.25) is 10.0 Å². The molecule has 8 heteroatoms. The molecule has 1 fully saturated rings. The number of ketones is 1. The molecule has 0 radical (unpaired) electrons. The van der Waals surface area contributed by atoms with Crippen LogP contribution < -0.4 is 4.72 Å². The van der Waals surface area contributed by atoms with E-state index in [2.05, 4.69) is 16.5 Å². The molecule has 5 nitrogen and oxygen atoms in total. The number of nitrogens with zero attached hydrogens (tertiary/aromatic N) is 1. The van der Waals surface area contributed by atoms with Gasteiger partial charge in [-0.15, -0.1) is 12.4 Å². The normalized spacial score (nSPS) is 20.6. The molecule has 0 atom stereocenters. The molecule has 136 valence electrons. The van der Waals surface area contributed by atoms with Gasteiger partial charge in [0.25, 0.3) is 0 Å². The summed E-state index contributed by atoms with van der Waals surface area (Å²) >= 11 is 0. The Morgan fingerprint density at radius 3 is 2.25 bits per heavy atom. The Morgan fingerprint density at radius 1 is 1.29 bits per heavy atom. The fourth-order valence-electron chi connectivity index (χ4n) is 2.89. The summed E-state index contributed by atoms with van der Waals surface area (Å²) < 4.78 is 37.0. The molecule has 0 aromatic carbocycles. The summed E-state index contributed by atoms with van der Waals surface area (Å²) in [6, 6.07) is 0.151. The average Bonchev–Trinajstić information content (AvgIpc) is 2.95. The summed E-state index contributed by atoms with van der Waals surface area (Å²) in [6.45, 7) is 5.33. The van der Waals surface area contributed by atoms with Crippen LogP contribution in [0, 0.1) is 0 Å². The van der Waals surface area contributed by atoms with Gasteiger partial charge in [-0.3, -0.25) is 4.79 Å². The van der Waals surface area contributed by atoms with Crippen molar-refractivity contribution in [2.45, 2.75) is 32.2 Å². The van der Waals surface area contributed by atoms with Gasteiger partial charge in [-0.25, -0.2) is 17.5 Å². The van der Waals surface area contributed by atoms with E-state index in [1.807, 2.05) is 0 Å². The van der Waals surface area contributed by atoms with Gasteiger partial charge in [0.15, 0.2) is 5.78 Å². The maximum absolute atomic E-state index is 12.4. The number of halogens is 2. The number of likely N-dealkylation sites (tertiary alicyclic amines) is 1. The van der Waals surface area contributed by atoms with E-state index >= 15 is 0 Å². The van der Waals surface area contributed by atoms with E-state index in [1.54, 1.807) is 6.08 Å². The molecule has 3 aliphatic rings. The first kappa shape index (κ1) is 21.0. The van der Waals surface area contributed by atoms with Gasteiger partial charge in [-0.1, -0.05) is 13.0 Å². The number of carbonyl (C=O) groups excluding carboxylic acids is 1. The highest BCUT2D eigenvalue weighted by Crippen LogP contribution is 2.30. The van der Waals surface area contributed by atoms with E-state index in [0.717, 1.165) is 32.5 Å². The maximum atomic E-state index is 12.4. The number of Topliss-reactive ketones (excluding diaryl/α,β-unsaturated/α-hetero) is 1. The molecule has 2 bridgehead atoms. The number of rotatable bonds is 4. The summed E-state index contributed by atoms with van der Waals surface area (Å²) in [7, 11) is -3.02. The molecule has 1 aliphatic heterocycles. The second kappa shape index (κ2) is 8.89. The number of allylic oxidation sites excluding steroid dienone is 6. The van der Waals surface area contributed by atoms with E-state index < -0.39 is 15.9 Å². The molecule has 0 unspecified atom stereocenters. The van der Waals surface area contributed by atoms with Crippen molar-refractivity contribution in [1.82, 2.24) is 9.62 Å². The Labute approximate surface area is 149 Å². The zero-order valence-electron chi connectivity index (χ0n) is 13.9. The first-order valence-corrected chi connectivity index (χ1v) is 9.73. The van der Waals surface area contributed by atoms with E-state index in [1.165, 1.54) is 24.8 Å². The van der Waals surface area contributed by atoms with Gasteiger partial charge >= 0.3 is 0 Å². The van der Waals surface area contributed by atoms with Gasteiger partial charge in [-0.2, -0.15) is 0 Å². The Hall–Kier alpha value is -1.02. The number of nitrogens with one attached hydrogen (secondary N) is 1. The highest BCUT2D eigenvalue weighted by Gasteiger charge is 2.26. The lowest BCUT2D eigenvalue weighted by Gasteiger charge is -2.31. The van der Waals surface area contributed by atoms with Gasteiger partial charge in [0.1, 0.15) is 5.83 Å². The second-order valence-corrected chi connectivity index (χ2v) is 7.81. The molecule has 1 saturated heterocycles. The van der Waals surface area contributed by atoms with Crippen LogP contribution in [0.5, 0.6) is 0 Å². The maximum Gasteiger partial charge on any atom is 0.208 e. The van der Waals surface area contributed by atoms with E-state index in [-0.39, 0.29) is 29.8 Å². The highest BCUT2D eigenvalue weighted by molar-refractivity contribution is 7.88. The van der Waals surface area contributed by atoms with Crippen molar-refractivity contribution in [3.63, 3.8) is 0 Å². The molecule has 0 amide bonds. The van der Waals surface area contributed by atoms with Gasteiger partial charge in [-0.05, 0) is 51.0 Å². The minimum Gasteiger partial charge on any atom is -0.303 e. The summed E-state index contributed by atoms with van der Waals surface area (Å²) in [5.74, 6) is -0.565. The molecule has 1 heterocycles. The molecule has 3 rings (SSSR count). The number of carbonyl (C=O) groups is 1. The van der Waals surface area contributed by atoms with Crippen LogP contribution >= 0.6 is 12.4 Å². The van der Waals surface area contributed by atoms with Crippen LogP contribution in [-0.2, 0) is 14.8 Å². The van der Waals surface area contributed by atoms with Crippen LogP contribution in [0.3, 0.4) is 0 Å². The summed E-state index contributed by atoms with van der Waals surface area (Å²) in [6.07, 6.45) is 8.67. The molecule has 24 heavy (non-hydrogen) atoms. The van der Waals surface area contributed by atoms with Crippen LogP contribution in [0.15, 0.2) is 35.2 Å². The standard InChI is InChI=1S/C9H20N2O2S.C7H3FO.ClH/c1-3-6-11-7-4-9(5-8-11)10-14(2,12)13;8-6-3-4-1-2-5(6)7(4)9;/h9-10H,3-8H2,1-2H3;1-3H;1H. The molecular formula is C16H24ClFN2O3S. The van der Waals surface area contributed by atoms with Crippen molar-refractivity contribution >= 4 is 28.2 Å². The third kappa shape index (κ3) is 5.81. The second-order valence-electron chi connectivity index (χ2n) is 6.03. The fourth-order valence-corrected chi connectivity index (χ4v) is 3.73. The largest absolute Gasteiger partial charge is 0.303 e. The van der Waals surface area contributed by atoms with Crippen molar-refractivity contribution in [3.8, 4) is 0 Å². The molecule has 0 aromatic rings. The summed E-state index contributed by atoms with van der Waals surface area (Å²) in [4.78, 5) is 13.1. The molecule has 0 aromatic heterocycles. The molecule has 0 spiro atoms. The topological polar surface area (TPSA) is 66.5 Å². The van der Waals surface area contributed by atoms with Crippen LogP contribution in [0.4, 0.5) is 4.39 Å². The lowest BCUT2D eigenvalue weighted by atomic mass is 10.1. The van der Waals surface area contributed by atoms with Gasteiger partial charge in [0, 0.05) is 11.6 Å². The Bertz CT molecular complexity index is 663. The van der Waals surface area contributed by atoms with Crippen LogP contribution in [0.25, 0.3) is 0 Å². The lowest BCUT2D eigenvalue weighted by Crippen LogP contribution is -2.44. The zero-order valence-corrected chi connectivity index (χ0v) is 15.6. The first-order valence-electron chi connectivity index (χ1n) is 7.84. The predicted molar refractivity (Wildman–Crippen MR) is 95.3 cm³/mol. The van der Waals surface area contributed by atoms with Crippen molar-refractivity contribution in [1.29, 1.82) is 0 Å². The van der Waals surface area contributed by atoms with E-state index in [4.69, 9.17) is 0 Å². The number of hydrogen-bond donors (Lipinski definition) is 1. The average molecular weight is 379 g/mol. The predicted octanol–water partition coefficient (Wildman–Crippen LogP) is 2.12. The van der Waals surface area contributed by atoms with Gasteiger partial charge in [0.05, 0.1) is 11.8 Å². The highest BCUT2D eigenvalue weighted by atomic mass is 35.5. The SMILES string of the molecule is CCCN1CCC(NS(C)(=O)=O)CC1.Cl.O=C1C2=CC(F)=C1C=C2. The smallest absolute Gasteiger partial charge is 0.208 e. The molecular weight excluding hydrogens is 355 g/mol. The molecule has 1 N–H and O–H groups in total. The fraction of sp³-hybridized carbons (Fsp3) is 0.562. The van der Waals surface area contributed by atoms with Crippen molar-refractivity contribution in [3.05, 3.63) is 35.2 Å². The number of piperidine rings is 1. The minimum absolute atomic E-state index is 0. The molecule has 2 aliphatic carbocycles. The number of sulfonamides is 1. The Morgan fingerprint density at radius 2 is 1.92 bits per heavy atom. The van der Waals surface area contributed by atoms with Crippen LogP contribution in [-0.4, -0.2) is 51.0 Å². The molecule has 0 saturated carbocycles. The van der Waals surface area contributed by atoms with Crippen molar-refractivity contribution in [2.24, 2.45) is 0 Å². The first-order chi connectivity index (χ1) is 10.8. The van der Waals surface area contributed by atoms with Gasteiger partial charge < -0.3 is 4.90 Å². The third-order valence-electron chi connectivity index (χ3n) is 3.98. The monoisotopic (exact) mass is 378 g/mol. The van der Waals surface area contributed by atoms with Crippen molar-refractivity contribution in [2.75, 3.05) is 25.9 Å².